The second-order valence-electron chi connectivity index (χ2n) is 3.98. The average molecular weight is 247 g/mol. The minimum Gasteiger partial charge on any atom is -0.397 e. The molecule has 18 heavy (non-hydrogen) atoms. The molecule has 2 aromatic heterocycles. The van der Waals surface area contributed by atoms with E-state index in [1.165, 1.54) is 0 Å². The molecule has 2 heterocycles. The third-order valence-electron chi connectivity index (χ3n) is 2.71. The van der Waals surface area contributed by atoms with E-state index < -0.39 is 0 Å². The monoisotopic (exact) mass is 247 g/mol. The van der Waals surface area contributed by atoms with E-state index in [1.807, 2.05) is 18.4 Å². The van der Waals surface area contributed by atoms with Crippen LogP contribution in [0.15, 0.2) is 24.7 Å². The summed E-state index contributed by atoms with van der Waals surface area (Å²) in [5.41, 5.74) is 7.52. The van der Waals surface area contributed by atoms with Crippen LogP contribution in [0.5, 0.6) is 0 Å². The quantitative estimate of drug-likeness (QED) is 0.860. The number of hydrogen-bond acceptors (Lipinski definition) is 3. The first-order valence-corrected chi connectivity index (χ1v) is 5.93. The fourth-order valence-corrected chi connectivity index (χ4v) is 1.78. The van der Waals surface area contributed by atoms with Crippen molar-refractivity contribution >= 4 is 17.3 Å². The van der Waals surface area contributed by atoms with Gasteiger partial charge in [-0.2, -0.15) is 5.10 Å². The molecular weight excluding hydrogens is 230 g/mol. The lowest BCUT2D eigenvalue weighted by atomic mass is 10.3. The van der Waals surface area contributed by atoms with E-state index in [1.54, 1.807) is 29.3 Å². The number of nitrogens with one attached hydrogen (secondary N) is 1. The fourth-order valence-electron chi connectivity index (χ4n) is 1.78. The van der Waals surface area contributed by atoms with Crippen molar-refractivity contribution in [2.24, 2.45) is 0 Å². The van der Waals surface area contributed by atoms with Crippen LogP contribution < -0.4 is 11.1 Å². The summed E-state index contributed by atoms with van der Waals surface area (Å²) < 4.78 is 3.57. The molecule has 0 aliphatic heterocycles. The number of hydrogen-bond donors (Lipinski definition) is 2. The molecule has 0 aliphatic rings. The summed E-state index contributed by atoms with van der Waals surface area (Å²) in [7, 11) is 0. The Labute approximate surface area is 105 Å². The molecule has 0 spiro atoms. The number of aromatic nitrogens is 3. The molecule has 0 saturated carbocycles. The Morgan fingerprint density at radius 3 is 2.78 bits per heavy atom. The molecule has 0 saturated heterocycles. The van der Waals surface area contributed by atoms with Gasteiger partial charge in [-0.25, -0.2) is 0 Å². The fraction of sp³-hybridized carbons (Fsp3) is 0.333. The molecule has 2 aromatic rings. The van der Waals surface area contributed by atoms with Crippen molar-refractivity contribution in [3.8, 4) is 0 Å². The zero-order valence-electron chi connectivity index (χ0n) is 10.6. The summed E-state index contributed by atoms with van der Waals surface area (Å²) in [6.45, 7) is 5.43. The number of amides is 1. The van der Waals surface area contributed by atoms with Crippen molar-refractivity contribution in [2.75, 3.05) is 11.1 Å². The standard InChI is InChI=1S/C12H17N5O/c1-3-16-7-9(13)5-11(16)12(18)15-10-6-14-17(4-2)8-10/h5-8H,3-4,13H2,1-2H3,(H,15,18). The first kappa shape index (κ1) is 12.2. The Hall–Kier alpha value is -2.24. The van der Waals surface area contributed by atoms with Gasteiger partial charge in [0.05, 0.1) is 17.6 Å². The normalized spacial score (nSPS) is 10.6. The van der Waals surface area contributed by atoms with Crippen LogP contribution in [0.4, 0.5) is 11.4 Å². The molecule has 0 bridgehead atoms. The lowest BCUT2D eigenvalue weighted by molar-refractivity contribution is 0.101. The highest BCUT2D eigenvalue weighted by atomic mass is 16.2. The first-order valence-electron chi connectivity index (χ1n) is 5.93. The molecule has 6 heteroatoms. The van der Waals surface area contributed by atoms with Gasteiger partial charge in [-0.3, -0.25) is 9.48 Å². The largest absolute Gasteiger partial charge is 0.397 e. The number of aryl methyl sites for hydroxylation is 2. The molecule has 2 rings (SSSR count). The molecule has 0 aliphatic carbocycles. The van der Waals surface area contributed by atoms with Gasteiger partial charge in [0, 0.05) is 25.5 Å². The maximum absolute atomic E-state index is 12.1. The average Bonchev–Trinajstić information content (AvgIpc) is 2.95. The summed E-state index contributed by atoms with van der Waals surface area (Å²) in [6, 6.07) is 1.67. The van der Waals surface area contributed by atoms with Gasteiger partial charge in [-0.1, -0.05) is 0 Å². The van der Waals surface area contributed by atoms with E-state index in [2.05, 4.69) is 10.4 Å². The van der Waals surface area contributed by atoms with Crippen molar-refractivity contribution < 1.29 is 4.79 Å². The molecule has 0 aromatic carbocycles. The van der Waals surface area contributed by atoms with E-state index in [-0.39, 0.29) is 5.91 Å². The van der Waals surface area contributed by atoms with Gasteiger partial charge in [0.15, 0.2) is 0 Å². The van der Waals surface area contributed by atoms with E-state index in [0.29, 0.717) is 23.6 Å². The molecule has 1 amide bonds. The Kier molecular flexibility index (Phi) is 3.36. The van der Waals surface area contributed by atoms with Crippen molar-refractivity contribution in [3.63, 3.8) is 0 Å². The lowest BCUT2D eigenvalue weighted by Crippen LogP contribution is -2.16. The van der Waals surface area contributed by atoms with E-state index >= 15 is 0 Å². The Morgan fingerprint density at radius 2 is 2.17 bits per heavy atom. The van der Waals surface area contributed by atoms with Crippen LogP contribution in [-0.2, 0) is 13.1 Å². The van der Waals surface area contributed by atoms with Gasteiger partial charge in [-0.15, -0.1) is 0 Å². The predicted octanol–water partition coefficient (Wildman–Crippen LogP) is 1.56. The van der Waals surface area contributed by atoms with Crippen molar-refractivity contribution in [2.45, 2.75) is 26.9 Å². The molecule has 6 nitrogen and oxygen atoms in total. The minimum absolute atomic E-state index is 0.177. The minimum atomic E-state index is -0.177. The van der Waals surface area contributed by atoms with Gasteiger partial charge in [-0.05, 0) is 19.9 Å². The molecule has 0 atom stereocenters. The van der Waals surface area contributed by atoms with E-state index in [4.69, 9.17) is 5.73 Å². The Morgan fingerprint density at radius 1 is 1.39 bits per heavy atom. The number of anilines is 2. The summed E-state index contributed by atoms with van der Waals surface area (Å²) >= 11 is 0. The number of nitrogens with two attached hydrogens (primary N) is 1. The van der Waals surface area contributed by atoms with Crippen LogP contribution in [0.2, 0.25) is 0 Å². The molecule has 0 fully saturated rings. The zero-order chi connectivity index (χ0) is 13.1. The third kappa shape index (κ3) is 2.37. The second-order valence-corrected chi connectivity index (χ2v) is 3.98. The van der Waals surface area contributed by atoms with Gasteiger partial charge in [0.1, 0.15) is 5.69 Å². The maximum Gasteiger partial charge on any atom is 0.272 e. The SMILES string of the molecule is CCn1cc(NC(=O)c2cc(N)cn2CC)cn1. The zero-order valence-corrected chi connectivity index (χ0v) is 10.6. The highest BCUT2D eigenvalue weighted by molar-refractivity contribution is 6.03. The van der Waals surface area contributed by atoms with Crippen LogP contribution in [0.1, 0.15) is 24.3 Å². The number of rotatable bonds is 4. The summed E-state index contributed by atoms with van der Waals surface area (Å²) in [5, 5.41) is 6.90. The van der Waals surface area contributed by atoms with Gasteiger partial charge in [0.2, 0.25) is 0 Å². The molecule has 3 N–H and O–H groups in total. The number of nitrogen functional groups attached to an aromatic ring is 1. The molecule has 0 radical (unpaired) electrons. The first-order chi connectivity index (χ1) is 8.63. The van der Waals surface area contributed by atoms with Gasteiger partial charge < -0.3 is 15.6 Å². The highest BCUT2D eigenvalue weighted by Crippen LogP contribution is 2.13. The Balaban J connectivity index is 2.16. The number of nitrogens with zero attached hydrogens (tertiary/aromatic N) is 3. The highest BCUT2D eigenvalue weighted by Gasteiger charge is 2.12. The number of carbonyl (C=O) groups is 1. The predicted molar refractivity (Wildman–Crippen MR) is 70.4 cm³/mol. The summed E-state index contributed by atoms with van der Waals surface area (Å²) in [6.07, 6.45) is 5.18. The lowest BCUT2D eigenvalue weighted by Gasteiger charge is -2.05. The molecular formula is C12H17N5O. The molecule has 96 valence electrons. The van der Waals surface area contributed by atoms with Crippen LogP contribution in [0.3, 0.4) is 0 Å². The van der Waals surface area contributed by atoms with Crippen molar-refractivity contribution in [1.82, 2.24) is 14.3 Å². The van der Waals surface area contributed by atoms with Crippen LogP contribution in [0, 0.1) is 0 Å². The Bertz CT molecular complexity index is 555. The van der Waals surface area contributed by atoms with Crippen molar-refractivity contribution in [3.05, 3.63) is 30.4 Å². The van der Waals surface area contributed by atoms with Crippen molar-refractivity contribution in [1.29, 1.82) is 0 Å². The summed E-state index contributed by atoms with van der Waals surface area (Å²) in [5.74, 6) is -0.177. The smallest absolute Gasteiger partial charge is 0.272 e. The topological polar surface area (TPSA) is 77.9 Å². The van der Waals surface area contributed by atoms with Gasteiger partial charge in [0.25, 0.3) is 5.91 Å². The van der Waals surface area contributed by atoms with Crippen LogP contribution in [-0.4, -0.2) is 20.3 Å². The van der Waals surface area contributed by atoms with Gasteiger partial charge >= 0.3 is 0 Å². The number of carbonyl (C=O) groups excluding carboxylic acids is 1. The maximum atomic E-state index is 12.1. The van der Waals surface area contributed by atoms with Crippen LogP contribution in [0.25, 0.3) is 0 Å². The van der Waals surface area contributed by atoms with Crippen LogP contribution >= 0.6 is 0 Å². The van der Waals surface area contributed by atoms with E-state index in [0.717, 1.165) is 6.54 Å². The summed E-state index contributed by atoms with van der Waals surface area (Å²) in [4.78, 5) is 12.1. The van der Waals surface area contributed by atoms with E-state index in [9.17, 15) is 4.79 Å². The second kappa shape index (κ2) is 4.95. The third-order valence-corrected chi connectivity index (χ3v) is 2.71. The molecule has 0 unspecified atom stereocenters.